The molecular formula is C31H35N5+2. The lowest BCUT2D eigenvalue weighted by Crippen LogP contribution is -2.34. The number of benzene rings is 2. The molecule has 0 saturated heterocycles. The van der Waals surface area contributed by atoms with Crippen LogP contribution >= 0.6 is 0 Å². The van der Waals surface area contributed by atoms with Gasteiger partial charge < -0.3 is 0 Å². The fourth-order valence-corrected chi connectivity index (χ4v) is 5.48. The maximum absolute atomic E-state index is 4.96. The lowest BCUT2D eigenvalue weighted by Gasteiger charge is -2.07. The fourth-order valence-electron chi connectivity index (χ4n) is 5.48. The minimum Gasteiger partial charge on any atom is -0.250 e. The van der Waals surface area contributed by atoms with Crippen molar-refractivity contribution in [1.29, 1.82) is 0 Å². The quantitative estimate of drug-likeness (QED) is 0.310. The summed E-state index contributed by atoms with van der Waals surface area (Å²) in [6.07, 6.45) is 12.8. The van der Waals surface area contributed by atoms with E-state index in [4.69, 9.17) is 4.98 Å². The van der Waals surface area contributed by atoms with Crippen LogP contribution in [0.3, 0.4) is 0 Å². The molecule has 3 heterocycles. The highest BCUT2D eigenvalue weighted by molar-refractivity contribution is 5.49. The number of aromatic nitrogens is 5. The van der Waals surface area contributed by atoms with Gasteiger partial charge in [-0.25, -0.2) is 23.3 Å². The van der Waals surface area contributed by atoms with Crippen molar-refractivity contribution >= 4 is 0 Å². The van der Waals surface area contributed by atoms with Crippen LogP contribution in [0.2, 0.25) is 0 Å². The molecule has 0 amide bonds. The van der Waals surface area contributed by atoms with E-state index in [9.17, 15) is 0 Å². The van der Waals surface area contributed by atoms with E-state index in [1.165, 1.54) is 44.8 Å². The van der Waals surface area contributed by atoms with Gasteiger partial charge in [-0.3, -0.25) is 0 Å². The third kappa shape index (κ3) is 4.87. The first-order chi connectivity index (χ1) is 17.3. The molecule has 0 bridgehead atoms. The monoisotopic (exact) mass is 477 g/mol. The molecule has 0 radical (unpaired) electrons. The highest BCUT2D eigenvalue weighted by Gasteiger charge is 2.15. The summed E-state index contributed by atoms with van der Waals surface area (Å²) in [5, 5.41) is 0. The number of hydrogen-bond acceptors (Lipinski definition) is 1. The van der Waals surface area contributed by atoms with Crippen LogP contribution in [-0.2, 0) is 13.1 Å². The molecular weight excluding hydrogens is 442 g/mol. The van der Waals surface area contributed by atoms with Crippen molar-refractivity contribution in [3.8, 4) is 11.4 Å². The van der Waals surface area contributed by atoms with Crippen molar-refractivity contribution in [3.63, 3.8) is 0 Å². The minimum atomic E-state index is 0.734. The van der Waals surface area contributed by atoms with Crippen molar-refractivity contribution < 1.29 is 9.13 Å². The zero-order chi connectivity index (χ0) is 25.4. The van der Waals surface area contributed by atoms with Gasteiger partial charge >= 0.3 is 0 Å². The molecule has 0 aliphatic rings. The van der Waals surface area contributed by atoms with Crippen molar-refractivity contribution in [2.75, 3.05) is 0 Å². The van der Waals surface area contributed by atoms with Crippen LogP contribution in [-0.4, -0.2) is 14.1 Å². The Morgan fingerprint density at radius 1 is 0.611 bits per heavy atom. The van der Waals surface area contributed by atoms with E-state index in [2.05, 4.69) is 140 Å². The highest BCUT2D eigenvalue weighted by atomic mass is 15.1. The van der Waals surface area contributed by atoms with E-state index in [-0.39, 0.29) is 0 Å². The summed E-state index contributed by atoms with van der Waals surface area (Å²) in [5.74, 6) is 0. The third-order valence-corrected chi connectivity index (χ3v) is 6.72. The van der Waals surface area contributed by atoms with Crippen LogP contribution in [0.1, 0.15) is 44.8 Å². The topological polar surface area (TPSA) is 30.5 Å². The first-order valence-electron chi connectivity index (χ1n) is 12.5. The maximum Gasteiger partial charge on any atom is 0.249 e. The van der Waals surface area contributed by atoms with Crippen molar-refractivity contribution in [3.05, 3.63) is 125 Å². The number of nitrogens with zero attached hydrogens (tertiary/aromatic N) is 5. The normalized spacial score (nSPS) is 11.3. The molecule has 182 valence electrons. The third-order valence-electron chi connectivity index (χ3n) is 6.72. The van der Waals surface area contributed by atoms with Crippen LogP contribution in [0.4, 0.5) is 0 Å². The molecule has 5 aromatic rings. The number of aryl methyl sites for hydroxylation is 6. The predicted molar refractivity (Wildman–Crippen MR) is 143 cm³/mol. The molecule has 36 heavy (non-hydrogen) atoms. The van der Waals surface area contributed by atoms with Crippen molar-refractivity contribution in [2.45, 2.75) is 54.6 Å². The van der Waals surface area contributed by atoms with Gasteiger partial charge in [-0.05, 0) is 75.9 Å². The Morgan fingerprint density at radius 2 is 1.00 bits per heavy atom. The first kappa shape index (κ1) is 23.7. The first-order valence-corrected chi connectivity index (χ1v) is 12.5. The molecule has 2 aromatic carbocycles. The molecule has 5 rings (SSSR count). The van der Waals surface area contributed by atoms with E-state index >= 15 is 0 Å². The van der Waals surface area contributed by atoms with Gasteiger partial charge in [0.2, 0.25) is 12.7 Å². The van der Waals surface area contributed by atoms with Crippen molar-refractivity contribution in [1.82, 2.24) is 14.1 Å². The van der Waals surface area contributed by atoms with Crippen LogP contribution in [0, 0.1) is 41.5 Å². The number of pyridine rings is 1. The number of hydrogen-bond donors (Lipinski definition) is 0. The molecule has 5 heteroatoms. The number of imidazole rings is 2. The summed E-state index contributed by atoms with van der Waals surface area (Å²) < 4.78 is 8.80. The average Bonchev–Trinajstić information content (AvgIpc) is 3.42. The van der Waals surface area contributed by atoms with E-state index in [1.54, 1.807) is 0 Å². The van der Waals surface area contributed by atoms with Gasteiger partial charge in [-0.15, -0.1) is 0 Å². The lowest BCUT2D eigenvalue weighted by molar-refractivity contribution is -0.689. The Balaban J connectivity index is 1.33. The second-order valence-corrected chi connectivity index (χ2v) is 10.1. The molecule has 5 nitrogen and oxygen atoms in total. The van der Waals surface area contributed by atoms with E-state index in [1.807, 2.05) is 0 Å². The van der Waals surface area contributed by atoms with E-state index < -0.39 is 0 Å². The van der Waals surface area contributed by atoms with Gasteiger partial charge in [0.1, 0.15) is 49.3 Å². The Kier molecular flexibility index (Phi) is 6.31. The zero-order valence-electron chi connectivity index (χ0n) is 22.2. The minimum absolute atomic E-state index is 0.734. The second-order valence-electron chi connectivity index (χ2n) is 10.1. The number of rotatable bonds is 6. The highest BCUT2D eigenvalue weighted by Crippen LogP contribution is 2.21. The van der Waals surface area contributed by atoms with Crippen LogP contribution < -0.4 is 9.13 Å². The Bertz CT molecular complexity index is 1390. The Hall–Kier alpha value is -3.99. The standard InChI is InChI=1S/C31H35N5/c1-22-14-24(3)30(25(4)15-22)35-12-10-33(20-35)18-28-8-7-9-29(32-28)19-34-11-13-36(21-34)31-26(5)16-23(2)17-27(31)6/h7-17,20-21H,18-19H2,1-6H3/q+2. The molecule has 0 aliphatic heterocycles. The summed E-state index contributed by atoms with van der Waals surface area (Å²) in [5.41, 5.74) is 12.4. The summed E-state index contributed by atoms with van der Waals surface area (Å²) >= 11 is 0. The van der Waals surface area contributed by atoms with Crippen molar-refractivity contribution in [2.24, 2.45) is 0 Å². The second kappa shape index (κ2) is 9.57. The molecule has 3 aromatic heterocycles. The van der Waals surface area contributed by atoms with Gasteiger partial charge in [-0.2, -0.15) is 0 Å². The maximum atomic E-state index is 4.96. The van der Waals surface area contributed by atoms with Crippen LogP contribution in [0.5, 0.6) is 0 Å². The van der Waals surface area contributed by atoms with Crippen LogP contribution in [0.15, 0.2) is 79.9 Å². The molecule has 0 fully saturated rings. The van der Waals surface area contributed by atoms with E-state index in [0.29, 0.717) is 0 Å². The molecule has 0 unspecified atom stereocenters. The van der Waals surface area contributed by atoms with Gasteiger partial charge in [0.15, 0.2) is 0 Å². The largest absolute Gasteiger partial charge is 0.250 e. The summed E-state index contributed by atoms with van der Waals surface area (Å²) in [6.45, 7) is 14.5. The van der Waals surface area contributed by atoms with Gasteiger partial charge in [-0.1, -0.05) is 41.5 Å². The van der Waals surface area contributed by atoms with Gasteiger partial charge in [0.05, 0.1) is 11.4 Å². The van der Waals surface area contributed by atoms with Gasteiger partial charge in [0, 0.05) is 0 Å². The molecule has 0 saturated carbocycles. The molecule has 0 aliphatic carbocycles. The lowest BCUT2D eigenvalue weighted by atomic mass is 10.1. The summed E-state index contributed by atoms with van der Waals surface area (Å²) in [6, 6.07) is 15.3. The predicted octanol–water partition coefficient (Wildman–Crippen LogP) is 5.19. The van der Waals surface area contributed by atoms with Gasteiger partial charge in [0.25, 0.3) is 0 Å². The smallest absolute Gasteiger partial charge is 0.249 e. The van der Waals surface area contributed by atoms with Crippen LogP contribution in [0.25, 0.3) is 11.4 Å². The van der Waals surface area contributed by atoms with E-state index in [0.717, 1.165) is 24.5 Å². The Labute approximate surface area is 213 Å². The SMILES string of the molecule is Cc1cc(C)c(-n2cc[n+](Cc3cccc(C[n+]4ccn(-c5c(C)cc(C)cc5C)c4)n3)c2)c(C)c1. The zero-order valence-corrected chi connectivity index (χ0v) is 22.2. The molecule has 0 atom stereocenters. The average molecular weight is 478 g/mol. The Morgan fingerprint density at radius 3 is 1.39 bits per heavy atom. The summed E-state index contributed by atoms with van der Waals surface area (Å²) in [7, 11) is 0. The fraction of sp³-hybridized carbons (Fsp3) is 0.258. The summed E-state index contributed by atoms with van der Waals surface area (Å²) in [4.78, 5) is 4.96. The molecule has 0 spiro atoms. The molecule has 0 N–H and O–H groups in total.